The third kappa shape index (κ3) is 2.01. The Balaban J connectivity index is 2.09. The van der Waals surface area contributed by atoms with E-state index in [1.54, 1.807) is 16.8 Å². The van der Waals surface area contributed by atoms with Crippen LogP contribution < -0.4 is 16.6 Å². The molecule has 0 saturated carbocycles. The van der Waals surface area contributed by atoms with Crippen LogP contribution in [0, 0.1) is 0 Å². The first kappa shape index (κ1) is 11.3. The molecule has 0 fully saturated rings. The molecule has 19 heavy (non-hydrogen) atoms. The second-order valence-corrected chi connectivity index (χ2v) is 4.19. The van der Waals surface area contributed by atoms with Gasteiger partial charge in [0.05, 0.1) is 28.6 Å². The summed E-state index contributed by atoms with van der Waals surface area (Å²) in [7, 11) is 1.83. The quantitative estimate of drug-likeness (QED) is 0.593. The number of anilines is 3. The fourth-order valence-electron chi connectivity index (χ4n) is 1.86. The number of hydrogen-bond donors (Lipinski definition) is 3. The topological polar surface area (TPSA) is 102 Å². The Morgan fingerprint density at radius 3 is 3.00 bits per heavy atom. The number of nitrogens with zero attached hydrogens (tertiary/aromatic N) is 3. The Bertz CT molecular complexity index is 803. The number of H-pyrrole nitrogens is 1. The highest BCUT2D eigenvalue weighted by Gasteiger charge is 2.07. The number of fused-ring (bicyclic) bond motifs is 1. The first-order chi connectivity index (χ1) is 9.13. The zero-order valence-electron chi connectivity index (χ0n) is 10.2. The Labute approximate surface area is 108 Å². The van der Waals surface area contributed by atoms with Crippen molar-refractivity contribution in [1.82, 2.24) is 19.7 Å². The van der Waals surface area contributed by atoms with Crippen molar-refractivity contribution in [3.8, 4) is 0 Å². The molecule has 0 radical (unpaired) electrons. The first-order valence-corrected chi connectivity index (χ1v) is 5.67. The Morgan fingerprint density at radius 1 is 1.42 bits per heavy atom. The van der Waals surface area contributed by atoms with Crippen molar-refractivity contribution in [2.45, 2.75) is 0 Å². The van der Waals surface area contributed by atoms with Crippen molar-refractivity contribution in [2.24, 2.45) is 7.05 Å². The average molecular weight is 256 g/mol. The maximum absolute atomic E-state index is 11.6. The molecule has 0 saturated heterocycles. The second kappa shape index (κ2) is 4.13. The fraction of sp³-hybridized carbons (Fsp3) is 0.0833. The molecule has 3 rings (SSSR count). The summed E-state index contributed by atoms with van der Waals surface area (Å²) in [6.07, 6.45) is 3.19. The van der Waals surface area contributed by atoms with Gasteiger partial charge in [-0.2, -0.15) is 5.10 Å². The van der Waals surface area contributed by atoms with Crippen LogP contribution in [-0.2, 0) is 7.05 Å². The van der Waals surface area contributed by atoms with Gasteiger partial charge < -0.3 is 16.0 Å². The molecule has 0 unspecified atom stereocenters. The molecule has 1 aromatic carbocycles. The molecule has 96 valence electrons. The van der Waals surface area contributed by atoms with Gasteiger partial charge in [-0.1, -0.05) is 0 Å². The highest BCUT2D eigenvalue weighted by atomic mass is 16.1. The third-order valence-electron chi connectivity index (χ3n) is 2.79. The SMILES string of the molecule is Cn1ccc(Nc2cc3nc[nH]c(=O)c3cc2N)n1. The summed E-state index contributed by atoms with van der Waals surface area (Å²) in [5.41, 5.74) is 7.44. The van der Waals surface area contributed by atoms with Crippen molar-refractivity contribution in [2.75, 3.05) is 11.1 Å². The van der Waals surface area contributed by atoms with E-state index >= 15 is 0 Å². The zero-order valence-corrected chi connectivity index (χ0v) is 10.2. The van der Waals surface area contributed by atoms with Gasteiger partial charge >= 0.3 is 0 Å². The van der Waals surface area contributed by atoms with Crippen LogP contribution in [0.5, 0.6) is 0 Å². The lowest BCUT2D eigenvalue weighted by Gasteiger charge is -2.07. The van der Waals surface area contributed by atoms with Crippen LogP contribution in [0.15, 0.2) is 35.5 Å². The largest absolute Gasteiger partial charge is 0.397 e. The number of nitrogens with two attached hydrogens (primary N) is 1. The Kier molecular flexibility index (Phi) is 2.45. The monoisotopic (exact) mass is 256 g/mol. The summed E-state index contributed by atoms with van der Waals surface area (Å²) in [5.74, 6) is 0.679. The van der Waals surface area contributed by atoms with E-state index in [-0.39, 0.29) is 5.56 Å². The Morgan fingerprint density at radius 2 is 2.26 bits per heavy atom. The van der Waals surface area contributed by atoms with Crippen LogP contribution in [0.2, 0.25) is 0 Å². The lowest BCUT2D eigenvalue weighted by molar-refractivity contribution is 0.771. The van der Waals surface area contributed by atoms with Crippen LogP contribution in [0.4, 0.5) is 17.2 Å². The van der Waals surface area contributed by atoms with Crippen LogP contribution in [-0.4, -0.2) is 19.7 Å². The van der Waals surface area contributed by atoms with E-state index in [0.29, 0.717) is 28.1 Å². The first-order valence-electron chi connectivity index (χ1n) is 5.67. The van der Waals surface area contributed by atoms with E-state index in [1.807, 2.05) is 19.3 Å². The molecule has 0 aliphatic heterocycles. The van der Waals surface area contributed by atoms with Crippen molar-refractivity contribution in [1.29, 1.82) is 0 Å². The van der Waals surface area contributed by atoms with Gasteiger partial charge in [-0.15, -0.1) is 0 Å². The molecule has 7 heteroatoms. The summed E-state index contributed by atoms with van der Waals surface area (Å²) in [6, 6.07) is 5.16. The average Bonchev–Trinajstić information content (AvgIpc) is 2.77. The fourth-order valence-corrected chi connectivity index (χ4v) is 1.86. The van der Waals surface area contributed by atoms with E-state index < -0.39 is 0 Å². The van der Waals surface area contributed by atoms with Crippen molar-refractivity contribution in [3.63, 3.8) is 0 Å². The Hall–Kier alpha value is -2.83. The lowest BCUT2D eigenvalue weighted by Crippen LogP contribution is -2.07. The maximum Gasteiger partial charge on any atom is 0.258 e. The van der Waals surface area contributed by atoms with Crippen LogP contribution >= 0.6 is 0 Å². The standard InChI is InChI=1S/C12H12N6O/c1-18-3-2-11(17-18)16-10-5-9-7(4-8(10)13)12(19)15-6-14-9/h2-6H,13H2,1H3,(H,16,17)(H,14,15,19). The highest BCUT2D eigenvalue weighted by Crippen LogP contribution is 2.25. The molecule has 2 aromatic heterocycles. The third-order valence-corrected chi connectivity index (χ3v) is 2.79. The molecular formula is C12H12N6O. The number of benzene rings is 1. The normalized spacial score (nSPS) is 10.8. The highest BCUT2D eigenvalue weighted by molar-refractivity contribution is 5.89. The molecule has 0 atom stereocenters. The van der Waals surface area contributed by atoms with Crippen LogP contribution in [0.3, 0.4) is 0 Å². The number of hydrogen-bond acceptors (Lipinski definition) is 5. The van der Waals surface area contributed by atoms with Crippen LogP contribution in [0.1, 0.15) is 0 Å². The van der Waals surface area contributed by atoms with Gasteiger partial charge in [-0.3, -0.25) is 9.48 Å². The number of aryl methyl sites for hydroxylation is 1. The molecule has 0 aliphatic rings. The molecule has 0 amide bonds. The van der Waals surface area contributed by atoms with Gasteiger partial charge in [0, 0.05) is 19.3 Å². The predicted octanol–water partition coefficient (Wildman–Crippen LogP) is 0.982. The number of aromatic nitrogens is 4. The van der Waals surface area contributed by atoms with E-state index in [0.717, 1.165) is 0 Å². The number of rotatable bonds is 2. The number of aromatic amines is 1. The summed E-state index contributed by atoms with van der Waals surface area (Å²) in [6.45, 7) is 0. The second-order valence-electron chi connectivity index (χ2n) is 4.19. The number of nitrogen functional groups attached to an aromatic ring is 1. The summed E-state index contributed by atoms with van der Waals surface area (Å²) >= 11 is 0. The van der Waals surface area contributed by atoms with Crippen molar-refractivity contribution < 1.29 is 0 Å². The predicted molar refractivity (Wildman–Crippen MR) is 73.3 cm³/mol. The molecule has 0 aliphatic carbocycles. The van der Waals surface area contributed by atoms with E-state index in [1.165, 1.54) is 6.33 Å². The van der Waals surface area contributed by atoms with Gasteiger partial charge in [-0.25, -0.2) is 4.98 Å². The van der Waals surface area contributed by atoms with Crippen molar-refractivity contribution in [3.05, 3.63) is 41.1 Å². The molecular weight excluding hydrogens is 244 g/mol. The van der Waals surface area contributed by atoms with Gasteiger partial charge in [0.1, 0.15) is 0 Å². The maximum atomic E-state index is 11.6. The summed E-state index contributed by atoms with van der Waals surface area (Å²) < 4.78 is 1.68. The van der Waals surface area contributed by atoms with E-state index in [4.69, 9.17) is 5.73 Å². The number of nitrogens with one attached hydrogen (secondary N) is 2. The molecule has 3 aromatic rings. The molecule has 7 nitrogen and oxygen atoms in total. The molecule has 0 spiro atoms. The minimum Gasteiger partial charge on any atom is -0.397 e. The zero-order chi connectivity index (χ0) is 13.4. The van der Waals surface area contributed by atoms with E-state index in [2.05, 4.69) is 20.4 Å². The van der Waals surface area contributed by atoms with Crippen molar-refractivity contribution >= 4 is 28.1 Å². The van der Waals surface area contributed by atoms with E-state index in [9.17, 15) is 4.79 Å². The minimum atomic E-state index is -0.207. The lowest BCUT2D eigenvalue weighted by atomic mass is 10.2. The molecule has 4 N–H and O–H groups in total. The van der Waals surface area contributed by atoms with Gasteiger partial charge in [-0.05, 0) is 12.1 Å². The summed E-state index contributed by atoms with van der Waals surface area (Å²) in [5, 5.41) is 7.77. The molecule has 2 heterocycles. The molecule has 0 bridgehead atoms. The van der Waals surface area contributed by atoms with Gasteiger partial charge in [0.25, 0.3) is 5.56 Å². The summed E-state index contributed by atoms with van der Waals surface area (Å²) in [4.78, 5) is 18.2. The van der Waals surface area contributed by atoms with Crippen LogP contribution in [0.25, 0.3) is 10.9 Å². The van der Waals surface area contributed by atoms with Gasteiger partial charge in [0.15, 0.2) is 5.82 Å². The van der Waals surface area contributed by atoms with Gasteiger partial charge in [0.2, 0.25) is 0 Å². The minimum absolute atomic E-state index is 0.207. The smallest absolute Gasteiger partial charge is 0.258 e.